The van der Waals surface area contributed by atoms with Gasteiger partial charge in [0.25, 0.3) is 0 Å². The molecule has 0 amide bonds. The number of para-hydroxylation sites is 1. The van der Waals surface area contributed by atoms with E-state index in [0.29, 0.717) is 12.8 Å². The highest BCUT2D eigenvalue weighted by Gasteiger charge is 2.43. The molecule has 1 aromatic rings. The lowest BCUT2D eigenvalue weighted by molar-refractivity contribution is -0.241. The topological polar surface area (TPSA) is 38.8 Å². The van der Waals surface area contributed by atoms with Crippen molar-refractivity contribution >= 4 is 5.97 Å². The van der Waals surface area contributed by atoms with Gasteiger partial charge in [-0.2, -0.15) is 13.2 Å². The van der Waals surface area contributed by atoms with Crippen LogP contribution in [0.1, 0.15) is 24.3 Å². The summed E-state index contributed by atoms with van der Waals surface area (Å²) in [6.45, 7) is 0.537. The molecule has 0 bridgehead atoms. The van der Waals surface area contributed by atoms with Crippen LogP contribution in [0, 0.1) is 0 Å². The molecule has 0 aromatic heterocycles. The van der Waals surface area contributed by atoms with Crippen molar-refractivity contribution in [1.29, 1.82) is 0 Å². The number of alkyl halides is 3. The van der Waals surface area contributed by atoms with Crippen LogP contribution in [-0.4, -0.2) is 37.4 Å². The van der Waals surface area contributed by atoms with Gasteiger partial charge in [-0.25, -0.2) is 4.79 Å². The summed E-state index contributed by atoms with van der Waals surface area (Å²) in [5, 5.41) is 1.07. The molecule has 4 nitrogen and oxygen atoms in total. The molecule has 0 saturated carbocycles. The molecule has 1 fully saturated rings. The second-order valence-electron chi connectivity index (χ2n) is 4.82. The smallest absolute Gasteiger partial charge is 0.492 e. The van der Waals surface area contributed by atoms with Gasteiger partial charge in [0.05, 0.1) is 7.11 Å². The molecule has 0 radical (unpaired) electrons. The third-order valence-electron chi connectivity index (χ3n) is 3.48. The fourth-order valence-electron chi connectivity index (χ4n) is 2.43. The van der Waals surface area contributed by atoms with Gasteiger partial charge in [-0.05, 0) is 30.4 Å². The molecule has 1 heterocycles. The summed E-state index contributed by atoms with van der Waals surface area (Å²) in [6, 6.07) is 7.56. The van der Waals surface area contributed by atoms with E-state index in [9.17, 15) is 18.0 Å². The number of methoxy groups -OCH3 is 1. The molecule has 0 aliphatic carbocycles. The fraction of sp³-hybridized carbons (Fsp3) is 0.500. The Hall–Kier alpha value is -1.76. The van der Waals surface area contributed by atoms with Gasteiger partial charge in [0, 0.05) is 13.1 Å². The van der Waals surface area contributed by atoms with Crippen molar-refractivity contribution in [3.63, 3.8) is 0 Å². The van der Waals surface area contributed by atoms with E-state index in [1.807, 2.05) is 24.3 Å². The molecule has 7 heteroatoms. The molecule has 1 aromatic carbocycles. The highest BCUT2D eigenvalue weighted by atomic mass is 19.4. The van der Waals surface area contributed by atoms with Crippen molar-refractivity contribution in [1.82, 2.24) is 5.06 Å². The molecule has 116 valence electrons. The molecule has 0 spiro atoms. The summed E-state index contributed by atoms with van der Waals surface area (Å²) >= 11 is 0. The van der Waals surface area contributed by atoms with Crippen LogP contribution in [0.4, 0.5) is 13.2 Å². The first-order valence-corrected chi connectivity index (χ1v) is 6.59. The van der Waals surface area contributed by atoms with Gasteiger partial charge in [0.15, 0.2) is 0 Å². The maximum absolute atomic E-state index is 12.1. The first-order chi connectivity index (χ1) is 9.91. The second-order valence-corrected chi connectivity index (χ2v) is 4.82. The summed E-state index contributed by atoms with van der Waals surface area (Å²) in [6.07, 6.45) is -3.75. The molecule has 0 N–H and O–H groups in total. The van der Waals surface area contributed by atoms with Crippen LogP contribution in [0.2, 0.25) is 0 Å². The quantitative estimate of drug-likeness (QED) is 0.860. The average molecular weight is 303 g/mol. The predicted octanol–water partition coefficient (Wildman–Crippen LogP) is 2.90. The fourth-order valence-corrected chi connectivity index (χ4v) is 2.43. The minimum absolute atomic E-state index is 0.182. The highest BCUT2D eigenvalue weighted by molar-refractivity contribution is 5.75. The van der Waals surface area contributed by atoms with E-state index in [2.05, 4.69) is 4.84 Å². The number of carbonyl (C=O) groups is 1. The standard InChI is InChI=1S/C14H16F3NO3/c1-20-12-5-3-2-4-11(12)10-6-8-18(9-7-10)21-13(19)14(15,16)17/h2-5,10H,6-9H2,1H3. The first-order valence-electron chi connectivity index (χ1n) is 6.59. The molecule has 2 rings (SSSR count). The first kappa shape index (κ1) is 15.6. The lowest BCUT2D eigenvalue weighted by atomic mass is 9.89. The third-order valence-corrected chi connectivity index (χ3v) is 3.48. The number of halogens is 3. The number of hydrogen-bond donors (Lipinski definition) is 0. The number of nitrogens with zero attached hydrogens (tertiary/aromatic N) is 1. The van der Waals surface area contributed by atoms with Crippen molar-refractivity contribution in [3.8, 4) is 5.75 Å². The number of hydroxylamine groups is 2. The normalized spacial score (nSPS) is 17.5. The maximum Gasteiger partial charge on any atom is 0.492 e. The van der Waals surface area contributed by atoms with Crippen molar-refractivity contribution in [3.05, 3.63) is 29.8 Å². The SMILES string of the molecule is COc1ccccc1C1CCN(OC(=O)C(F)(F)F)CC1. The van der Waals surface area contributed by atoms with Crippen molar-refractivity contribution in [2.24, 2.45) is 0 Å². The van der Waals surface area contributed by atoms with Crippen LogP contribution < -0.4 is 4.74 Å². The number of ether oxygens (including phenoxy) is 1. The van der Waals surface area contributed by atoms with Gasteiger partial charge in [0.1, 0.15) is 5.75 Å². The Bertz CT molecular complexity index is 496. The highest BCUT2D eigenvalue weighted by Crippen LogP contribution is 2.34. The Morgan fingerprint density at radius 2 is 1.86 bits per heavy atom. The van der Waals surface area contributed by atoms with E-state index >= 15 is 0 Å². The summed E-state index contributed by atoms with van der Waals surface area (Å²) in [7, 11) is 1.58. The number of rotatable bonds is 3. The van der Waals surface area contributed by atoms with E-state index < -0.39 is 12.1 Å². The van der Waals surface area contributed by atoms with Crippen LogP contribution in [0.15, 0.2) is 24.3 Å². The van der Waals surface area contributed by atoms with Crippen LogP contribution in [0.25, 0.3) is 0 Å². The molecular formula is C14H16F3NO3. The average Bonchev–Trinajstić information content (AvgIpc) is 2.47. The second kappa shape index (κ2) is 6.34. The van der Waals surface area contributed by atoms with Gasteiger partial charge in [-0.3, -0.25) is 0 Å². The molecule has 0 atom stereocenters. The zero-order valence-corrected chi connectivity index (χ0v) is 11.5. The van der Waals surface area contributed by atoms with Gasteiger partial charge < -0.3 is 9.57 Å². The van der Waals surface area contributed by atoms with Crippen LogP contribution >= 0.6 is 0 Å². The van der Waals surface area contributed by atoms with E-state index in [4.69, 9.17) is 4.74 Å². The Morgan fingerprint density at radius 1 is 1.24 bits per heavy atom. The summed E-state index contributed by atoms with van der Waals surface area (Å²) in [5.74, 6) is -1.22. The molecule has 0 unspecified atom stereocenters. The third kappa shape index (κ3) is 3.87. The Labute approximate surface area is 120 Å². The minimum Gasteiger partial charge on any atom is -0.496 e. The van der Waals surface area contributed by atoms with Crippen molar-refractivity contribution in [2.75, 3.05) is 20.2 Å². The zero-order chi connectivity index (χ0) is 15.5. The Morgan fingerprint density at radius 3 is 2.43 bits per heavy atom. The molecule has 1 saturated heterocycles. The minimum atomic E-state index is -4.96. The number of hydrogen-bond acceptors (Lipinski definition) is 4. The van der Waals surface area contributed by atoms with E-state index in [0.717, 1.165) is 16.4 Å². The number of benzene rings is 1. The molecule has 21 heavy (non-hydrogen) atoms. The molecule has 1 aliphatic rings. The zero-order valence-electron chi connectivity index (χ0n) is 11.5. The maximum atomic E-state index is 12.1. The van der Waals surface area contributed by atoms with Gasteiger partial charge in [-0.1, -0.05) is 18.2 Å². The lowest BCUT2D eigenvalue weighted by Crippen LogP contribution is -2.39. The van der Waals surface area contributed by atoms with Crippen molar-refractivity contribution < 1.29 is 27.5 Å². The Kier molecular flexibility index (Phi) is 4.72. The van der Waals surface area contributed by atoms with E-state index in [1.165, 1.54) is 0 Å². The van der Waals surface area contributed by atoms with E-state index in [-0.39, 0.29) is 19.0 Å². The van der Waals surface area contributed by atoms with Crippen LogP contribution in [-0.2, 0) is 9.63 Å². The molecular weight excluding hydrogens is 287 g/mol. The lowest BCUT2D eigenvalue weighted by Gasteiger charge is -2.31. The van der Waals surface area contributed by atoms with Gasteiger partial charge in [-0.15, -0.1) is 5.06 Å². The van der Waals surface area contributed by atoms with E-state index in [1.54, 1.807) is 7.11 Å². The summed E-state index contributed by atoms with van der Waals surface area (Å²) in [5.41, 5.74) is 1.03. The van der Waals surface area contributed by atoms with Gasteiger partial charge in [0.2, 0.25) is 0 Å². The van der Waals surface area contributed by atoms with Crippen molar-refractivity contribution in [2.45, 2.75) is 24.9 Å². The predicted molar refractivity (Wildman–Crippen MR) is 68.7 cm³/mol. The van der Waals surface area contributed by atoms with Crippen LogP contribution in [0.5, 0.6) is 5.75 Å². The Balaban J connectivity index is 1.93. The molecule has 1 aliphatic heterocycles. The number of carbonyl (C=O) groups excluding carboxylic acids is 1. The monoisotopic (exact) mass is 303 g/mol. The summed E-state index contributed by atoms with van der Waals surface area (Å²) < 4.78 is 41.7. The number of piperidine rings is 1. The summed E-state index contributed by atoms with van der Waals surface area (Å²) in [4.78, 5) is 15.1. The van der Waals surface area contributed by atoms with Gasteiger partial charge >= 0.3 is 12.1 Å². The largest absolute Gasteiger partial charge is 0.496 e. The van der Waals surface area contributed by atoms with Crippen LogP contribution in [0.3, 0.4) is 0 Å².